The van der Waals surface area contributed by atoms with Crippen molar-refractivity contribution in [3.05, 3.63) is 42.0 Å². The average molecular weight is 345 g/mol. The van der Waals surface area contributed by atoms with Crippen molar-refractivity contribution >= 4 is 11.8 Å². The van der Waals surface area contributed by atoms with Gasteiger partial charge < -0.3 is 20.2 Å². The summed E-state index contributed by atoms with van der Waals surface area (Å²) < 4.78 is 10.6. The second-order valence-corrected chi connectivity index (χ2v) is 6.34. The van der Waals surface area contributed by atoms with E-state index in [0.29, 0.717) is 31.5 Å². The number of hydrogen-bond donors (Lipinski definition) is 2. The minimum atomic E-state index is 0.553. The lowest BCUT2D eigenvalue weighted by Gasteiger charge is -2.24. The summed E-state index contributed by atoms with van der Waals surface area (Å²) in [5, 5.41) is 11.5. The van der Waals surface area contributed by atoms with E-state index in [9.17, 15) is 0 Å². The molecule has 2 rings (SSSR count). The first-order valence-corrected chi connectivity index (χ1v) is 9.11. The molecule has 1 aliphatic heterocycles. The van der Waals surface area contributed by atoms with Crippen molar-refractivity contribution < 1.29 is 9.47 Å². The number of hydrogen-bond acceptors (Lipinski definition) is 5. The predicted molar refractivity (Wildman–Crippen MR) is 103 cm³/mol. The van der Waals surface area contributed by atoms with Crippen LogP contribution in [0.2, 0.25) is 0 Å². The molecule has 0 radical (unpaired) electrons. The Labute approximate surface area is 151 Å². The van der Waals surface area contributed by atoms with E-state index in [-0.39, 0.29) is 0 Å². The number of nitrogens with zero attached hydrogens (tertiary/aromatic N) is 1. The summed E-state index contributed by atoms with van der Waals surface area (Å²) in [7, 11) is 1.69. The average Bonchev–Trinajstić information content (AvgIpc) is 3.08. The maximum absolute atomic E-state index is 8.04. The maximum Gasteiger partial charge on any atom is 0.0700 e. The van der Waals surface area contributed by atoms with Crippen LogP contribution in [0.3, 0.4) is 0 Å². The largest absolute Gasteiger partial charge is 0.382 e. The van der Waals surface area contributed by atoms with Crippen LogP contribution in [0.25, 0.3) is 6.08 Å². The molecule has 1 aliphatic rings. The van der Waals surface area contributed by atoms with Crippen LogP contribution in [0.4, 0.5) is 0 Å². The standard InChI is InChI=1S/C20H31N3O2/c1-24-14-15-25-13-12-23-11-5-8-20(23)17-22-16-19(21)10-9-18-6-3-2-4-7-18/h2-4,6-7,9-10,20-22H,5,8,11-17H2,1H3/b10-9-,21-19?/t20-/m0/s1. The Hall–Kier alpha value is -1.53. The van der Waals surface area contributed by atoms with Gasteiger partial charge in [0, 0.05) is 38.5 Å². The van der Waals surface area contributed by atoms with E-state index in [1.807, 2.05) is 42.5 Å². The smallest absolute Gasteiger partial charge is 0.0700 e. The van der Waals surface area contributed by atoms with Gasteiger partial charge in [0.05, 0.1) is 19.8 Å². The lowest BCUT2D eigenvalue weighted by Crippen LogP contribution is -2.40. The Morgan fingerprint density at radius 1 is 1.28 bits per heavy atom. The highest BCUT2D eigenvalue weighted by atomic mass is 16.5. The van der Waals surface area contributed by atoms with Gasteiger partial charge in [-0.2, -0.15) is 0 Å². The van der Waals surface area contributed by atoms with E-state index >= 15 is 0 Å². The molecular formula is C20H31N3O2. The van der Waals surface area contributed by atoms with Gasteiger partial charge in [0.15, 0.2) is 0 Å². The minimum Gasteiger partial charge on any atom is -0.382 e. The van der Waals surface area contributed by atoms with Gasteiger partial charge in [-0.15, -0.1) is 0 Å². The molecule has 0 unspecified atom stereocenters. The first-order chi connectivity index (χ1) is 12.3. The van der Waals surface area contributed by atoms with Crippen LogP contribution in [-0.4, -0.2) is 69.8 Å². The molecule has 5 nitrogen and oxygen atoms in total. The van der Waals surface area contributed by atoms with Crippen LogP contribution in [0, 0.1) is 5.41 Å². The lowest BCUT2D eigenvalue weighted by atomic mass is 10.2. The van der Waals surface area contributed by atoms with E-state index < -0.39 is 0 Å². The van der Waals surface area contributed by atoms with Crippen LogP contribution in [0.5, 0.6) is 0 Å². The molecule has 0 amide bonds. The van der Waals surface area contributed by atoms with Gasteiger partial charge >= 0.3 is 0 Å². The topological polar surface area (TPSA) is 57.6 Å². The Morgan fingerprint density at radius 2 is 2.12 bits per heavy atom. The molecule has 1 aromatic carbocycles. The molecule has 25 heavy (non-hydrogen) atoms. The van der Waals surface area contributed by atoms with Gasteiger partial charge in [-0.25, -0.2) is 0 Å². The summed E-state index contributed by atoms with van der Waals surface area (Å²) in [6.45, 7) is 5.74. The molecule has 2 N–H and O–H groups in total. The number of nitrogens with one attached hydrogen (secondary N) is 2. The zero-order valence-electron chi connectivity index (χ0n) is 15.2. The monoisotopic (exact) mass is 345 g/mol. The normalized spacial score (nSPS) is 18.2. The summed E-state index contributed by atoms with van der Waals surface area (Å²) in [5.74, 6) is 0. The second kappa shape index (κ2) is 11.9. The van der Waals surface area contributed by atoms with Gasteiger partial charge in [-0.3, -0.25) is 4.90 Å². The van der Waals surface area contributed by atoms with Crippen molar-refractivity contribution in [1.29, 1.82) is 5.41 Å². The molecule has 1 fully saturated rings. The third-order valence-corrected chi connectivity index (χ3v) is 4.43. The molecule has 1 saturated heterocycles. The Bertz CT molecular complexity index is 519. The lowest BCUT2D eigenvalue weighted by molar-refractivity contribution is 0.0553. The van der Waals surface area contributed by atoms with Crippen LogP contribution < -0.4 is 5.32 Å². The second-order valence-electron chi connectivity index (χ2n) is 6.34. The molecule has 0 saturated carbocycles. The van der Waals surface area contributed by atoms with E-state index in [1.54, 1.807) is 7.11 Å². The van der Waals surface area contributed by atoms with Crippen LogP contribution in [0.15, 0.2) is 36.4 Å². The Morgan fingerprint density at radius 3 is 2.92 bits per heavy atom. The van der Waals surface area contributed by atoms with Crippen molar-refractivity contribution in [3.63, 3.8) is 0 Å². The third kappa shape index (κ3) is 7.92. The summed E-state index contributed by atoms with van der Waals surface area (Å²) in [4.78, 5) is 2.49. The highest BCUT2D eigenvalue weighted by Crippen LogP contribution is 2.15. The first-order valence-electron chi connectivity index (χ1n) is 9.11. The van der Waals surface area contributed by atoms with E-state index in [2.05, 4.69) is 10.2 Å². The van der Waals surface area contributed by atoms with Crippen LogP contribution in [0.1, 0.15) is 18.4 Å². The van der Waals surface area contributed by atoms with Crippen molar-refractivity contribution in [2.75, 3.05) is 53.1 Å². The molecule has 1 atom stereocenters. The van der Waals surface area contributed by atoms with Crippen molar-refractivity contribution in [3.8, 4) is 0 Å². The number of ether oxygens (including phenoxy) is 2. The third-order valence-electron chi connectivity index (χ3n) is 4.43. The molecule has 138 valence electrons. The summed E-state index contributed by atoms with van der Waals surface area (Å²) >= 11 is 0. The number of likely N-dealkylation sites (tertiary alicyclic amines) is 1. The van der Waals surface area contributed by atoms with Gasteiger partial charge in [0.1, 0.15) is 0 Å². The fourth-order valence-electron chi connectivity index (χ4n) is 3.04. The fraction of sp³-hybridized carbons (Fsp3) is 0.550. The van der Waals surface area contributed by atoms with Gasteiger partial charge in [0.2, 0.25) is 0 Å². The van der Waals surface area contributed by atoms with E-state index in [0.717, 1.165) is 31.8 Å². The summed E-state index contributed by atoms with van der Waals surface area (Å²) in [6, 6.07) is 10.7. The summed E-state index contributed by atoms with van der Waals surface area (Å²) in [6.07, 6.45) is 6.33. The Balaban J connectivity index is 1.61. The molecule has 1 aromatic rings. The molecule has 0 spiro atoms. The predicted octanol–water partition coefficient (Wildman–Crippen LogP) is 2.44. The number of methoxy groups -OCH3 is 1. The van der Waals surface area contributed by atoms with Crippen LogP contribution in [-0.2, 0) is 9.47 Å². The molecule has 5 heteroatoms. The number of rotatable bonds is 12. The zero-order chi connectivity index (χ0) is 17.7. The van der Waals surface area contributed by atoms with Crippen LogP contribution >= 0.6 is 0 Å². The zero-order valence-corrected chi connectivity index (χ0v) is 15.2. The highest BCUT2D eigenvalue weighted by molar-refractivity contribution is 5.97. The van der Waals surface area contributed by atoms with E-state index in [4.69, 9.17) is 14.9 Å². The molecule has 0 aliphatic carbocycles. The first kappa shape index (κ1) is 19.8. The van der Waals surface area contributed by atoms with E-state index in [1.165, 1.54) is 12.8 Å². The molecule has 0 aromatic heterocycles. The van der Waals surface area contributed by atoms with Gasteiger partial charge in [-0.05, 0) is 31.0 Å². The Kier molecular flexibility index (Phi) is 9.44. The number of benzene rings is 1. The highest BCUT2D eigenvalue weighted by Gasteiger charge is 2.23. The van der Waals surface area contributed by atoms with Gasteiger partial charge in [-0.1, -0.05) is 36.4 Å². The molecule has 0 bridgehead atoms. The summed E-state index contributed by atoms with van der Waals surface area (Å²) in [5.41, 5.74) is 1.74. The van der Waals surface area contributed by atoms with Crippen molar-refractivity contribution in [2.24, 2.45) is 0 Å². The van der Waals surface area contributed by atoms with Gasteiger partial charge in [0.25, 0.3) is 0 Å². The molecule has 1 heterocycles. The minimum absolute atomic E-state index is 0.553. The maximum atomic E-state index is 8.04. The SMILES string of the molecule is COCCOCCN1CCC[C@H]1CNCC(=N)/C=C\c1ccccc1. The fourth-order valence-corrected chi connectivity index (χ4v) is 3.04. The van der Waals surface area contributed by atoms with Crippen molar-refractivity contribution in [1.82, 2.24) is 10.2 Å². The quantitative estimate of drug-likeness (QED) is 0.451. The molecular weight excluding hydrogens is 314 g/mol. The van der Waals surface area contributed by atoms with Crippen molar-refractivity contribution in [2.45, 2.75) is 18.9 Å².